The average Bonchev–Trinajstić information content (AvgIpc) is 3.45. The second-order valence-electron chi connectivity index (χ2n) is 7.62. The third-order valence-electron chi connectivity index (χ3n) is 5.60. The lowest BCUT2D eigenvalue weighted by molar-refractivity contribution is -0.120. The predicted octanol–water partition coefficient (Wildman–Crippen LogP) is 3.81. The van der Waals surface area contributed by atoms with Gasteiger partial charge in [0, 0.05) is 28.6 Å². The predicted molar refractivity (Wildman–Crippen MR) is 118 cm³/mol. The van der Waals surface area contributed by atoms with Gasteiger partial charge in [-0.1, -0.05) is 6.07 Å². The maximum absolute atomic E-state index is 12.8. The number of carbonyl (C=O) groups excluding carboxylic acids is 1. The molecule has 0 bridgehead atoms. The van der Waals surface area contributed by atoms with Crippen molar-refractivity contribution in [2.45, 2.75) is 22.2 Å². The van der Waals surface area contributed by atoms with Gasteiger partial charge in [0.05, 0.1) is 33.9 Å². The molecule has 1 aromatic carbocycles. The number of piperidine rings is 1. The van der Waals surface area contributed by atoms with Crippen molar-refractivity contribution in [1.29, 1.82) is 0 Å². The van der Waals surface area contributed by atoms with Gasteiger partial charge in [-0.05, 0) is 48.5 Å². The van der Waals surface area contributed by atoms with Gasteiger partial charge in [0.1, 0.15) is 0 Å². The Morgan fingerprint density at radius 3 is 3.03 bits per heavy atom. The molecule has 1 saturated heterocycles. The number of aliphatic imine (C=N–C) groups is 1. The fourth-order valence-electron chi connectivity index (χ4n) is 4.25. The van der Waals surface area contributed by atoms with Gasteiger partial charge < -0.3 is 10.3 Å². The molecule has 2 atom stereocenters. The zero-order chi connectivity index (χ0) is 20.2. The summed E-state index contributed by atoms with van der Waals surface area (Å²) >= 11 is 3.32. The lowest BCUT2D eigenvalue weighted by Crippen LogP contribution is -2.48. The highest BCUT2D eigenvalue weighted by Crippen LogP contribution is 2.46. The molecule has 3 N–H and O–H groups in total. The topological polar surface area (TPSA) is 98.8 Å². The molecule has 1 fully saturated rings. The second-order valence-corrected chi connectivity index (χ2v) is 10.0. The third-order valence-corrected chi connectivity index (χ3v) is 7.79. The van der Waals surface area contributed by atoms with Gasteiger partial charge in [-0.15, -0.1) is 11.3 Å². The Balaban J connectivity index is 1.34. The summed E-state index contributed by atoms with van der Waals surface area (Å²) in [4.78, 5) is 26.7. The van der Waals surface area contributed by atoms with Gasteiger partial charge in [0.25, 0.3) is 0 Å². The van der Waals surface area contributed by atoms with Gasteiger partial charge in [0.15, 0.2) is 16.8 Å². The van der Waals surface area contributed by atoms with E-state index in [2.05, 4.69) is 56.7 Å². The fraction of sp³-hybridized carbons (Fsp3) is 0.238. The van der Waals surface area contributed by atoms with Gasteiger partial charge in [-0.3, -0.25) is 9.89 Å². The molecular formula is C21H18N6OS2. The van der Waals surface area contributed by atoms with Crippen molar-refractivity contribution in [3.63, 3.8) is 0 Å². The normalized spacial score (nSPS) is 20.8. The lowest BCUT2D eigenvalue weighted by Gasteiger charge is -2.33. The number of ketones is 1. The highest BCUT2D eigenvalue weighted by molar-refractivity contribution is 8.01. The van der Waals surface area contributed by atoms with E-state index >= 15 is 0 Å². The molecule has 2 aliphatic rings. The molecule has 0 spiro atoms. The van der Waals surface area contributed by atoms with E-state index in [1.807, 2.05) is 12.3 Å². The first-order valence-corrected chi connectivity index (χ1v) is 11.4. The zero-order valence-electron chi connectivity index (χ0n) is 16.1. The van der Waals surface area contributed by atoms with Crippen LogP contribution in [0.15, 0.2) is 50.9 Å². The smallest absolute Gasteiger partial charge is 0.172 e. The maximum atomic E-state index is 12.8. The molecule has 7 nitrogen and oxygen atoms in total. The minimum Gasteiger partial charge on any atom is -0.333 e. The second kappa shape index (κ2) is 6.90. The molecule has 9 heteroatoms. The van der Waals surface area contributed by atoms with E-state index in [9.17, 15) is 4.79 Å². The number of rotatable bonds is 3. The van der Waals surface area contributed by atoms with E-state index in [1.54, 1.807) is 23.1 Å². The molecular weight excluding hydrogens is 416 g/mol. The number of imidazole rings is 1. The highest BCUT2D eigenvalue weighted by Gasteiger charge is 2.42. The zero-order valence-corrected chi connectivity index (χ0v) is 17.7. The summed E-state index contributed by atoms with van der Waals surface area (Å²) in [6.07, 6.45) is 1.81. The van der Waals surface area contributed by atoms with Crippen molar-refractivity contribution in [3.8, 4) is 0 Å². The monoisotopic (exact) mass is 434 g/mol. The van der Waals surface area contributed by atoms with Crippen LogP contribution in [-0.4, -0.2) is 44.7 Å². The molecule has 3 aromatic heterocycles. The van der Waals surface area contributed by atoms with Crippen LogP contribution in [0.3, 0.4) is 0 Å². The summed E-state index contributed by atoms with van der Waals surface area (Å²) < 4.78 is 1.14. The molecule has 2 unspecified atom stereocenters. The molecule has 6 rings (SSSR count). The number of hydrogen-bond acceptors (Lipinski definition) is 7. The van der Waals surface area contributed by atoms with Crippen LogP contribution in [0.2, 0.25) is 0 Å². The number of Topliss-reactive ketones (excluding diaryl/α,β-unsaturated/α-hetero) is 1. The molecule has 0 radical (unpaired) electrons. The van der Waals surface area contributed by atoms with Gasteiger partial charge in [-0.2, -0.15) is 5.10 Å². The van der Waals surface area contributed by atoms with E-state index < -0.39 is 0 Å². The molecule has 5 heterocycles. The number of nitrogens with one attached hydrogen (secondary N) is 3. The molecule has 0 amide bonds. The van der Waals surface area contributed by atoms with Crippen LogP contribution in [0, 0.1) is 12.8 Å². The van der Waals surface area contributed by atoms with Crippen LogP contribution in [0.5, 0.6) is 0 Å². The Labute approximate surface area is 180 Å². The molecule has 30 heavy (non-hydrogen) atoms. The Bertz CT molecular complexity index is 1320. The standard InChI is InChI=1S/C21H18N6OS2/c1-10-2-3-12-13(6-10)26-21(25-12)30-17-5-4-16(29-17)18-11-7-23-27-20(11)24-14-8-22-9-15(28)19(14)18/h2-7,18-19,22H,8-9H2,1H3,(H,23,27)(H,25,26). The molecule has 2 aliphatic heterocycles. The fourth-order valence-corrected chi connectivity index (χ4v) is 6.47. The number of hydrogen-bond donors (Lipinski definition) is 3. The molecule has 0 aliphatic carbocycles. The van der Waals surface area contributed by atoms with Crippen molar-refractivity contribution in [1.82, 2.24) is 25.5 Å². The van der Waals surface area contributed by atoms with Crippen LogP contribution >= 0.6 is 23.1 Å². The van der Waals surface area contributed by atoms with Crippen molar-refractivity contribution in [3.05, 3.63) is 52.5 Å². The Kier molecular flexibility index (Phi) is 4.15. The summed E-state index contributed by atoms with van der Waals surface area (Å²) in [5.74, 6) is 0.686. The van der Waals surface area contributed by atoms with E-state index in [1.165, 1.54) is 5.56 Å². The van der Waals surface area contributed by atoms with Crippen LogP contribution in [0.4, 0.5) is 5.82 Å². The van der Waals surface area contributed by atoms with E-state index in [0.717, 1.165) is 42.4 Å². The van der Waals surface area contributed by atoms with Crippen LogP contribution in [-0.2, 0) is 4.79 Å². The number of nitrogens with zero attached hydrogens (tertiary/aromatic N) is 3. The summed E-state index contributed by atoms with van der Waals surface area (Å²) in [5, 5.41) is 11.2. The number of thiophene rings is 1. The molecule has 0 saturated carbocycles. The molecule has 4 aromatic rings. The van der Waals surface area contributed by atoms with Gasteiger partial charge >= 0.3 is 0 Å². The summed E-state index contributed by atoms with van der Waals surface area (Å²) in [6.45, 7) is 3.10. The Morgan fingerprint density at radius 2 is 2.10 bits per heavy atom. The minimum absolute atomic E-state index is 0.0430. The Morgan fingerprint density at radius 1 is 1.17 bits per heavy atom. The average molecular weight is 435 g/mol. The first kappa shape index (κ1) is 18.1. The SMILES string of the molecule is Cc1ccc2nc(Sc3ccc(C4c5cn[nH]c5N=C5CNCC(=O)C54)s3)[nH]c2c1. The van der Waals surface area contributed by atoms with E-state index in [0.29, 0.717) is 13.1 Å². The first-order chi connectivity index (χ1) is 14.7. The number of fused-ring (bicyclic) bond motifs is 3. The van der Waals surface area contributed by atoms with E-state index in [4.69, 9.17) is 4.98 Å². The largest absolute Gasteiger partial charge is 0.333 e. The summed E-state index contributed by atoms with van der Waals surface area (Å²) in [6, 6.07) is 10.5. The summed E-state index contributed by atoms with van der Waals surface area (Å²) in [5.41, 5.74) is 5.11. The van der Waals surface area contributed by atoms with Crippen molar-refractivity contribution in [2.24, 2.45) is 10.9 Å². The number of aryl methyl sites for hydroxylation is 1. The van der Waals surface area contributed by atoms with E-state index in [-0.39, 0.29) is 17.6 Å². The van der Waals surface area contributed by atoms with Crippen molar-refractivity contribution in [2.75, 3.05) is 13.1 Å². The highest BCUT2D eigenvalue weighted by atomic mass is 32.2. The Hall–Kier alpha value is -2.75. The van der Waals surface area contributed by atoms with Crippen LogP contribution in [0.1, 0.15) is 21.9 Å². The maximum Gasteiger partial charge on any atom is 0.172 e. The van der Waals surface area contributed by atoms with Crippen molar-refractivity contribution < 1.29 is 4.79 Å². The number of H-pyrrole nitrogens is 2. The number of aromatic amines is 2. The number of carbonyl (C=O) groups is 1. The van der Waals surface area contributed by atoms with Gasteiger partial charge in [-0.25, -0.2) is 9.98 Å². The number of aromatic nitrogens is 4. The minimum atomic E-state index is -0.220. The van der Waals surface area contributed by atoms with Gasteiger partial charge in [0.2, 0.25) is 0 Å². The quantitative estimate of drug-likeness (QED) is 0.455. The lowest BCUT2D eigenvalue weighted by atomic mass is 9.76. The molecule has 150 valence electrons. The van der Waals surface area contributed by atoms with Crippen LogP contribution < -0.4 is 5.32 Å². The van der Waals surface area contributed by atoms with Crippen molar-refractivity contribution >= 4 is 51.4 Å². The first-order valence-electron chi connectivity index (χ1n) is 9.74. The third kappa shape index (κ3) is 2.92. The van der Waals surface area contributed by atoms with Crippen LogP contribution in [0.25, 0.3) is 11.0 Å². The number of benzene rings is 1. The summed E-state index contributed by atoms with van der Waals surface area (Å²) in [7, 11) is 0.